The summed E-state index contributed by atoms with van der Waals surface area (Å²) in [6.07, 6.45) is 1.10. The molecule has 0 nitrogen and oxygen atoms in total. The van der Waals surface area contributed by atoms with Crippen molar-refractivity contribution in [2.24, 2.45) is 0 Å². The minimum absolute atomic E-state index is 1.10. The van der Waals surface area contributed by atoms with E-state index in [1.807, 2.05) is 47.9 Å². The molecule has 0 rings (SSSR count). The summed E-state index contributed by atoms with van der Waals surface area (Å²) >= 11 is 0. The second-order valence-electron chi connectivity index (χ2n) is 2.13. The van der Waals surface area contributed by atoms with Crippen LogP contribution in [-0.4, -0.2) is 61.4 Å². The van der Waals surface area contributed by atoms with E-state index in [0.29, 0.717) is 0 Å². The molecule has 0 aromatic carbocycles. The van der Waals surface area contributed by atoms with Crippen LogP contribution in [0.1, 0.15) is 6.92 Å². The average Bonchev–Trinajstić information content (AvgIpc) is 2.03. The van der Waals surface area contributed by atoms with E-state index in [4.69, 9.17) is 0 Å². The zero-order valence-corrected chi connectivity index (χ0v) is 7.33. The van der Waals surface area contributed by atoms with E-state index in [0.717, 1.165) is 6.32 Å². The Morgan fingerprint density at radius 3 is 2.00 bits per heavy atom. The van der Waals surface area contributed by atoms with Crippen molar-refractivity contribution in [1.29, 1.82) is 0 Å². The van der Waals surface area contributed by atoms with Crippen LogP contribution in [0.15, 0.2) is 0 Å². The summed E-state index contributed by atoms with van der Waals surface area (Å²) in [5.74, 6) is 0. The molecule has 0 aliphatic heterocycles. The quantitative estimate of drug-likeness (QED) is 0.354. The van der Waals surface area contributed by atoms with Gasteiger partial charge in [0.1, 0.15) is 0 Å². The van der Waals surface area contributed by atoms with E-state index in [1.165, 1.54) is 0 Å². The fourth-order valence-electron chi connectivity index (χ4n) is 0.582. The van der Waals surface area contributed by atoms with E-state index in [9.17, 15) is 0 Å². The van der Waals surface area contributed by atoms with Crippen molar-refractivity contribution in [3.05, 3.63) is 0 Å². The second-order valence-corrected chi connectivity index (χ2v) is 2.13. The van der Waals surface area contributed by atoms with Crippen molar-refractivity contribution in [2.45, 2.75) is 13.2 Å². The van der Waals surface area contributed by atoms with E-state index in [2.05, 4.69) is 20.4 Å². The average molecular weight is 128 g/mol. The minimum atomic E-state index is 1.10. The van der Waals surface area contributed by atoms with Crippen molar-refractivity contribution in [1.82, 2.24) is 0 Å². The van der Waals surface area contributed by atoms with Crippen molar-refractivity contribution < 1.29 is 0 Å². The third-order valence-corrected chi connectivity index (χ3v) is 1.12. The second kappa shape index (κ2) is 10.6. The monoisotopic (exact) mass is 130 g/mol. The van der Waals surface area contributed by atoms with Crippen LogP contribution in [0.4, 0.5) is 0 Å². The van der Waals surface area contributed by atoms with Gasteiger partial charge in [0.05, 0.1) is 0 Å². The third kappa shape index (κ3) is 10.6. The van der Waals surface area contributed by atoms with Crippen LogP contribution in [0.3, 0.4) is 0 Å². The van der Waals surface area contributed by atoms with Crippen molar-refractivity contribution in [3.8, 4) is 0 Å². The first-order chi connectivity index (χ1) is 5.41. The predicted octanol–water partition coefficient (Wildman–Crippen LogP) is -2.99. The maximum atomic E-state index is 2.12. The molecule has 0 spiro atoms. The van der Waals surface area contributed by atoms with Crippen LogP contribution in [0.2, 0.25) is 6.32 Å². The molecule has 0 atom stereocenters. The molecule has 0 bridgehead atoms. The molecule has 0 radical (unpaired) electrons. The SMILES string of the molecule is BB=BB=BB=BB=BCC. The van der Waals surface area contributed by atoms with E-state index >= 15 is 0 Å². The van der Waals surface area contributed by atoms with E-state index < -0.39 is 0 Å². The summed E-state index contributed by atoms with van der Waals surface area (Å²) in [6.45, 7) is 18.4. The predicted molar refractivity (Wildman–Crippen MR) is 65.1 cm³/mol. The summed E-state index contributed by atoms with van der Waals surface area (Å²) in [5.41, 5.74) is 0. The standard InChI is InChI=1S/C2H7B9/c1-2-4-6-8-10-11-9-7-5-3/h2-3H2,1H3. The number of hydrogen-bond donors (Lipinski definition) is 0. The molecule has 9 heteroatoms. The van der Waals surface area contributed by atoms with E-state index in [-0.39, 0.29) is 0 Å². The molecule has 0 aromatic rings. The van der Waals surface area contributed by atoms with E-state index in [1.54, 1.807) is 0 Å². The molecule has 0 N–H and O–H groups in total. The van der Waals surface area contributed by atoms with Crippen molar-refractivity contribution >= 4 is 61.4 Å². The fraction of sp³-hybridized carbons (Fsp3) is 1.00. The Labute approximate surface area is 75.1 Å². The first-order valence-electron chi connectivity index (χ1n) is 4.03. The van der Waals surface area contributed by atoms with Gasteiger partial charge in [-0.15, -0.1) is 0 Å². The molecule has 0 fully saturated rings. The van der Waals surface area contributed by atoms with Gasteiger partial charge in [0, 0.05) is 0 Å². The van der Waals surface area contributed by atoms with Crippen LogP contribution in [0, 0.1) is 0 Å². The van der Waals surface area contributed by atoms with Gasteiger partial charge >= 0.3 is 74.6 Å². The molecule has 42 valence electrons. The summed E-state index contributed by atoms with van der Waals surface area (Å²) in [4.78, 5) is 0. The van der Waals surface area contributed by atoms with Gasteiger partial charge in [-0.05, 0) is 0 Å². The molecule has 0 aromatic heterocycles. The maximum absolute atomic E-state index is 2.12. The zero-order valence-electron chi connectivity index (χ0n) is 7.33. The molecule has 0 aliphatic carbocycles. The van der Waals surface area contributed by atoms with Gasteiger partial charge in [0.25, 0.3) is 0 Å². The molecule has 0 saturated carbocycles. The molecular formula is C2H7B9. The summed E-state index contributed by atoms with van der Waals surface area (Å²) in [6, 6.07) is 0. The van der Waals surface area contributed by atoms with Crippen LogP contribution in [0.5, 0.6) is 0 Å². The summed E-state index contributed by atoms with van der Waals surface area (Å²) in [7, 11) is 2.00. The first-order valence-corrected chi connectivity index (χ1v) is 4.03. The molecule has 0 amide bonds. The van der Waals surface area contributed by atoms with Gasteiger partial charge in [0.2, 0.25) is 0 Å². The number of hydrogen-bond acceptors (Lipinski definition) is 0. The normalized spacial score (nSPS) is 7.36. The van der Waals surface area contributed by atoms with Crippen LogP contribution in [-0.2, 0) is 0 Å². The molecule has 0 unspecified atom stereocenters. The molecule has 11 heavy (non-hydrogen) atoms. The van der Waals surface area contributed by atoms with Crippen LogP contribution >= 0.6 is 0 Å². The van der Waals surface area contributed by atoms with Crippen LogP contribution < -0.4 is 0 Å². The molecule has 0 saturated heterocycles. The van der Waals surface area contributed by atoms with Gasteiger partial charge in [-0.25, -0.2) is 0 Å². The molecular weight excluding hydrogens is 121 g/mol. The Morgan fingerprint density at radius 2 is 1.45 bits per heavy atom. The van der Waals surface area contributed by atoms with Gasteiger partial charge < -0.3 is 0 Å². The molecule has 0 heterocycles. The zero-order chi connectivity index (χ0) is 8.36. The van der Waals surface area contributed by atoms with Gasteiger partial charge in [-0.1, -0.05) is 0 Å². The Kier molecular flexibility index (Phi) is 11.1. The van der Waals surface area contributed by atoms with Crippen molar-refractivity contribution in [2.75, 3.05) is 0 Å². The van der Waals surface area contributed by atoms with Gasteiger partial charge in [-0.2, -0.15) is 0 Å². The first kappa shape index (κ1) is 11.6. The summed E-state index contributed by atoms with van der Waals surface area (Å²) in [5, 5.41) is 0. The topological polar surface area (TPSA) is 0 Å². The third-order valence-electron chi connectivity index (χ3n) is 1.12. The Balaban J connectivity index is 3.51. The van der Waals surface area contributed by atoms with Crippen molar-refractivity contribution in [3.63, 3.8) is 0 Å². The Hall–Kier alpha value is 0.584. The Bertz CT molecular complexity index is 176. The van der Waals surface area contributed by atoms with Gasteiger partial charge in [-0.3, -0.25) is 0 Å². The van der Waals surface area contributed by atoms with Gasteiger partial charge in [0.15, 0.2) is 0 Å². The molecule has 0 aliphatic rings. The number of rotatable bonds is 4. The Morgan fingerprint density at radius 1 is 0.909 bits per heavy atom. The summed E-state index contributed by atoms with van der Waals surface area (Å²) < 4.78 is 0. The fourth-order valence-corrected chi connectivity index (χ4v) is 0.582. The van der Waals surface area contributed by atoms with Crippen LogP contribution in [0.25, 0.3) is 0 Å².